The Morgan fingerprint density at radius 2 is 1.72 bits per heavy atom. The Morgan fingerprint density at radius 1 is 1.10 bits per heavy atom. The van der Waals surface area contributed by atoms with Crippen molar-refractivity contribution in [3.8, 4) is 0 Å². The Bertz CT molecular complexity index is 1260. The van der Waals surface area contributed by atoms with Crippen molar-refractivity contribution in [2.75, 3.05) is 0 Å². The number of imidazole rings is 2. The summed E-state index contributed by atoms with van der Waals surface area (Å²) in [6, 6.07) is 0.365. The molecule has 0 spiro atoms. The van der Waals surface area contributed by atoms with E-state index in [1.54, 1.807) is 27.8 Å². The number of hydrogen-bond acceptors (Lipinski definition) is 4. The molecule has 29 heavy (non-hydrogen) atoms. The molecule has 8 nitrogen and oxygen atoms in total. The van der Waals surface area contributed by atoms with Crippen LogP contribution in [-0.4, -0.2) is 28.9 Å². The zero-order chi connectivity index (χ0) is 21.2. The van der Waals surface area contributed by atoms with Gasteiger partial charge in [-0.2, -0.15) is 4.98 Å². The number of nitrogens with zero attached hydrogens (tertiary/aromatic N) is 5. The van der Waals surface area contributed by atoms with Crippen LogP contribution in [0.3, 0.4) is 0 Å². The first kappa shape index (κ1) is 19.7. The maximum Gasteiger partial charge on any atom is 0.332 e. The minimum Gasteiger partial charge on any atom is -0.311 e. The maximum absolute atomic E-state index is 13.4. The van der Waals surface area contributed by atoms with Gasteiger partial charge in [0.1, 0.15) is 0 Å². The zero-order valence-corrected chi connectivity index (χ0v) is 18.1. The van der Waals surface area contributed by atoms with Gasteiger partial charge >= 0.3 is 5.69 Å². The SMILES string of the molecule is Cc1c(C)n2c3c(=O)n(CC(=O)C(C)(C)C)c(=O)n(C)c3nc2n1C1CCCC1. The van der Waals surface area contributed by atoms with E-state index in [0.717, 1.165) is 28.8 Å². The number of Topliss-reactive ketones (excluding diaryl/α,β-unsaturated/α-hetero) is 1. The molecule has 0 amide bonds. The maximum atomic E-state index is 13.4. The molecule has 0 aliphatic heterocycles. The summed E-state index contributed by atoms with van der Waals surface area (Å²) in [6.45, 7) is 9.16. The quantitative estimate of drug-likeness (QED) is 0.677. The normalized spacial score (nSPS) is 15.8. The lowest BCUT2D eigenvalue weighted by molar-refractivity contribution is -0.127. The van der Waals surface area contributed by atoms with Crippen molar-refractivity contribution in [2.45, 2.75) is 72.9 Å². The second-order valence-electron chi connectivity index (χ2n) is 9.30. The van der Waals surface area contributed by atoms with Gasteiger partial charge in [0.25, 0.3) is 5.56 Å². The van der Waals surface area contributed by atoms with Gasteiger partial charge in [-0.1, -0.05) is 33.6 Å². The van der Waals surface area contributed by atoms with Crippen molar-refractivity contribution in [2.24, 2.45) is 12.5 Å². The molecule has 1 aliphatic carbocycles. The summed E-state index contributed by atoms with van der Waals surface area (Å²) in [7, 11) is 1.61. The van der Waals surface area contributed by atoms with Gasteiger partial charge in [0, 0.05) is 29.9 Å². The van der Waals surface area contributed by atoms with Gasteiger partial charge in [0.15, 0.2) is 16.9 Å². The standard InChI is InChI=1S/C21H29N5O3/c1-12-13(2)26-16-17(22-19(26)25(12)14-9-7-8-10-14)23(6)20(29)24(18(16)28)11-15(27)21(3,4)5/h14H,7-11H2,1-6H3. The van der Waals surface area contributed by atoms with Crippen LogP contribution in [0.1, 0.15) is 63.9 Å². The van der Waals surface area contributed by atoms with Crippen molar-refractivity contribution < 1.29 is 4.79 Å². The van der Waals surface area contributed by atoms with Gasteiger partial charge in [0.2, 0.25) is 5.78 Å². The van der Waals surface area contributed by atoms with E-state index < -0.39 is 16.7 Å². The highest BCUT2D eigenvalue weighted by Gasteiger charge is 2.28. The smallest absolute Gasteiger partial charge is 0.311 e. The van der Waals surface area contributed by atoms with E-state index in [0.29, 0.717) is 23.0 Å². The Morgan fingerprint density at radius 3 is 2.31 bits per heavy atom. The molecule has 3 heterocycles. The van der Waals surface area contributed by atoms with E-state index in [1.807, 2.05) is 11.3 Å². The van der Waals surface area contributed by atoms with Gasteiger partial charge in [-0.05, 0) is 26.7 Å². The van der Waals surface area contributed by atoms with E-state index in [4.69, 9.17) is 4.98 Å². The molecule has 4 rings (SSSR count). The number of fused-ring (bicyclic) bond motifs is 3. The first-order chi connectivity index (χ1) is 13.5. The molecule has 0 aromatic carbocycles. The van der Waals surface area contributed by atoms with E-state index >= 15 is 0 Å². The molecule has 8 heteroatoms. The fourth-order valence-electron chi connectivity index (χ4n) is 4.39. The van der Waals surface area contributed by atoms with Gasteiger partial charge in [-0.15, -0.1) is 0 Å². The minimum absolute atomic E-state index is 0.159. The second-order valence-corrected chi connectivity index (χ2v) is 9.30. The molecule has 0 N–H and O–H groups in total. The fourth-order valence-corrected chi connectivity index (χ4v) is 4.39. The van der Waals surface area contributed by atoms with Gasteiger partial charge < -0.3 is 4.57 Å². The summed E-state index contributed by atoms with van der Waals surface area (Å²) in [5, 5.41) is 0. The van der Waals surface area contributed by atoms with Crippen LogP contribution in [0.2, 0.25) is 0 Å². The molecule has 3 aromatic heterocycles. The lowest BCUT2D eigenvalue weighted by atomic mass is 9.91. The van der Waals surface area contributed by atoms with Gasteiger partial charge in [-0.3, -0.25) is 23.1 Å². The number of carbonyl (C=O) groups excluding carboxylic acids is 1. The average molecular weight is 399 g/mol. The molecule has 1 saturated carbocycles. The van der Waals surface area contributed by atoms with Crippen LogP contribution < -0.4 is 11.2 Å². The van der Waals surface area contributed by atoms with Crippen molar-refractivity contribution >= 4 is 22.7 Å². The minimum atomic E-state index is -0.634. The lowest BCUT2D eigenvalue weighted by Crippen LogP contribution is -2.43. The highest BCUT2D eigenvalue weighted by molar-refractivity contribution is 5.84. The Hall–Kier alpha value is -2.64. The molecule has 0 radical (unpaired) electrons. The van der Waals surface area contributed by atoms with Crippen molar-refractivity contribution in [3.05, 3.63) is 32.2 Å². The molecule has 3 aromatic rings. The van der Waals surface area contributed by atoms with Crippen LogP contribution in [0.25, 0.3) is 16.9 Å². The highest BCUT2D eigenvalue weighted by atomic mass is 16.2. The second kappa shape index (κ2) is 6.43. The number of rotatable bonds is 3. The van der Waals surface area contributed by atoms with E-state index in [-0.39, 0.29) is 12.3 Å². The third-order valence-electron chi connectivity index (χ3n) is 6.39. The van der Waals surface area contributed by atoms with E-state index in [9.17, 15) is 14.4 Å². The molecule has 156 valence electrons. The topological polar surface area (TPSA) is 83.3 Å². The number of hydrogen-bond donors (Lipinski definition) is 0. The summed E-state index contributed by atoms with van der Waals surface area (Å²) in [5.41, 5.74) is 1.16. The molecule has 0 unspecified atom stereocenters. The predicted octanol–water partition coefficient (Wildman–Crippen LogP) is 2.50. The first-order valence-electron chi connectivity index (χ1n) is 10.3. The fraction of sp³-hybridized carbons (Fsp3) is 0.619. The van der Waals surface area contributed by atoms with Gasteiger partial charge in [-0.25, -0.2) is 4.79 Å². The lowest BCUT2D eigenvalue weighted by Gasteiger charge is -2.17. The number of ketones is 1. The highest BCUT2D eigenvalue weighted by Crippen LogP contribution is 2.34. The third-order valence-corrected chi connectivity index (χ3v) is 6.39. The molecule has 1 aliphatic rings. The van der Waals surface area contributed by atoms with Crippen molar-refractivity contribution in [3.63, 3.8) is 0 Å². The molecule has 0 saturated heterocycles. The monoisotopic (exact) mass is 399 g/mol. The predicted molar refractivity (Wildman–Crippen MR) is 112 cm³/mol. The van der Waals surface area contributed by atoms with Gasteiger partial charge in [0.05, 0.1) is 6.54 Å². The van der Waals surface area contributed by atoms with Crippen LogP contribution in [0.5, 0.6) is 0 Å². The summed E-state index contributed by atoms with van der Waals surface area (Å²) >= 11 is 0. The summed E-state index contributed by atoms with van der Waals surface area (Å²) in [5.74, 6) is 0.544. The average Bonchev–Trinajstić information content (AvgIpc) is 3.34. The largest absolute Gasteiger partial charge is 0.332 e. The zero-order valence-electron chi connectivity index (χ0n) is 18.1. The Labute approximate surface area is 168 Å². The summed E-state index contributed by atoms with van der Waals surface area (Å²) < 4.78 is 6.51. The van der Waals surface area contributed by atoms with Crippen LogP contribution in [0, 0.1) is 19.3 Å². The number of aromatic nitrogens is 5. The number of aryl methyl sites for hydroxylation is 2. The van der Waals surface area contributed by atoms with Crippen LogP contribution in [-0.2, 0) is 18.4 Å². The third kappa shape index (κ3) is 2.80. The van der Waals surface area contributed by atoms with Crippen molar-refractivity contribution in [1.82, 2.24) is 23.1 Å². The van der Waals surface area contributed by atoms with E-state index in [2.05, 4.69) is 11.5 Å². The molecule has 0 atom stereocenters. The first-order valence-corrected chi connectivity index (χ1v) is 10.3. The Kier molecular flexibility index (Phi) is 4.36. The van der Waals surface area contributed by atoms with Crippen LogP contribution >= 0.6 is 0 Å². The molecule has 0 bridgehead atoms. The van der Waals surface area contributed by atoms with Crippen LogP contribution in [0.4, 0.5) is 0 Å². The van der Waals surface area contributed by atoms with Crippen LogP contribution in [0.15, 0.2) is 9.59 Å². The summed E-state index contributed by atoms with van der Waals surface area (Å²) in [4.78, 5) is 43.5. The molecular weight excluding hydrogens is 370 g/mol. The van der Waals surface area contributed by atoms with E-state index in [1.165, 1.54) is 17.4 Å². The van der Waals surface area contributed by atoms with Crippen molar-refractivity contribution in [1.29, 1.82) is 0 Å². The number of carbonyl (C=O) groups is 1. The summed E-state index contributed by atoms with van der Waals surface area (Å²) in [6.07, 6.45) is 4.57. The molecule has 1 fully saturated rings. The molecular formula is C21H29N5O3. The Balaban J connectivity index is 2.04.